The maximum absolute atomic E-state index is 9.49. The summed E-state index contributed by atoms with van der Waals surface area (Å²) >= 11 is 6.16. The molecular formula is C14H18ClNO. The number of aliphatic hydroxyl groups excluding tert-OH is 1. The lowest BCUT2D eigenvalue weighted by Crippen LogP contribution is -2.29. The van der Waals surface area contributed by atoms with Crippen LogP contribution in [0.3, 0.4) is 0 Å². The van der Waals surface area contributed by atoms with Gasteiger partial charge in [-0.1, -0.05) is 17.7 Å². The van der Waals surface area contributed by atoms with Crippen LogP contribution in [0.4, 0.5) is 5.69 Å². The summed E-state index contributed by atoms with van der Waals surface area (Å²) in [5, 5.41) is 10.2. The van der Waals surface area contributed by atoms with E-state index in [0.717, 1.165) is 23.7 Å². The van der Waals surface area contributed by atoms with Crippen LogP contribution in [0.2, 0.25) is 5.02 Å². The molecule has 0 bridgehead atoms. The Kier molecular flexibility index (Phi) is 3.01. The van der Waals surface area contributed by atoms with Crippen LogP contribution in [0.1, 0.15) is 31.2 Å². The van der Waals surface area contributed by atoms with Crippen LogP contribution in [0.15, 0.2) is 18.2 Å². The molecule has 1 aromatic rings. The summed E-state index contributed by atoms with van der Waals surface area (Å²) in [5.41, 5.74) is 2.04. The van der Waals surface area contributed by atoms with E-state index >= 15 is 0 Å². The van der Waals surface area contributed by atoms with E-state index in [1.807, 2.05) is 12.1 Å². The van der Waals surface area contributed by atoms with Crippen LogP contribution in [-0.2, 0) is 6.61 Å². The van der Waals surface area contributed by atoms with Gasteiger partial charge in [-0.2, -0.15) is 0 Å². The third-order valence-corrected chi connectivity index (χ3v) is 4.06. The molecule has 2 aliphatic carbocycles. The van der Waals surface area contributed by atoms with Crippen molar-refractivity contribution in [3.05, 3.63) is 28.8 Å². The predicted molar refractivity (Wildman–Crippen MR) is 70.5 cm³/mol. The minimum absolute atomic E-state index is 0.0306. The topological polar surface area (TPSA) is 23.5 Å². The Balaban J connectivity index is 1.90. The van der Waals surface area contributed by atoms with Gasteiger partial charge in [0.05, 0.1) is 6.61 Å². The van der Waals surface area contributed by atoms with Gasteiger partial charge >= 0.3 is 0 Å². The molecule has 0 radical (unpaired) electrons. The number of halogens is 1. The molecule has 0 aromatic heterocycles. The minimum Gasteiger partial charge on any atom is -0.392 e. The summed E-state index contributed by atoms with van der Waals surface area (Å²) in [5.74, 6) is 0.862. The van der Waals surface area contributed by atoms with Gasteiger partial charge in [-0.3, -0.25) is 0 Å². The molecule has 2 saturated carbocycles. The molecule has 92 valence electrons. The number of hydrogen-bond donors (Lipinski definition) is 1. The molecule has 3 heteroatoms. The van der Waals surface area contributed by atoms with Gasteiger partial charge in [0.25, 0.3) is 0 Å². The van der Waals surface area contributed by atoms with Crippen LogP contribution in [0.5, 0.6) is 0 Å². The Hall–Kier alpha value is -0.730. The molecule has 2 nitrogen and oxygen atoms in total. The Labute approximate surface area is 107 Å². The van der Waals surface area contributed by atoms with Crippen LogP contribution < -0.4 is 4.90 Å². The van der Waals surface area contributed by atoms with Crippen molar-refractivity contribution in [3.63, 3.8) is 0 Å². The summed E-state index contributed by atoms with van der Waals surface area (Å²) in [6.07, 6.45) is 5.28. The molecule has 3 rings (SSSR count). The highest BCUT2D eigenvalue weighted by Crippen LogP contribution is 2.40. The first-order valence-corrected chi connectivity index (χ1v) is 6.82. The van der Waals surface area contributed by atoms with Crippen LogP contribution >= 0.6 is 11.6 Å². The van der Waals surface area contributed by atoms with Crippen LogP contribution in [-0.4, -0.2) is 17.7 Å². The SMILES string of the molecule is OCc1c(Cl)cccc1N(CC1CC1)C1CC1. The Morgan fingerprint density at radius 3 is 2.59 bits per heavy atom. The molecule has 2 fully saturated rings. The molecular weight excluding hydrogens is 234 g/mol. The zero-order chi connectivity index (χ0) is 11.8. The monoisotopic (exact) mass is 251 g/mol. The van der Waals surface area contributed by atoms with Crippen molar-refractivity contribution < 1.29 is 5.11 Å². The molecule has 2 aliphatic rings. The summed E-state index contributed by atoms with van der Waals surface area (Å²) in [4.78, 5) is 2.47. The molecule has 0 unspecified atom stereocenters. The Bertz CT molecular complexity index is 413. The smallest absolute Gasteiger partial charge is 0.0716 e. The third kappa shape index (κ3) is 2.43. The average Bonchev–Trinajstić information content (AvgIpc) is 3.17. The maximum atomic E-state index is 9.49. The van der Waals surface area contributed by atoms with E-state index in [4.69, 9.17) is 11.6 Å². The van der Waals surface area contributed by atoms with Crippen molar-refractivity contribution >= 4 is 17.3 Å². The zero-order valence-corrected chi connectivity index (χ0v) is 10.7. The molecule has 1 aromatic carbocycles. The van der Waals surface area contributed by atoms with E-state index in [9.17, 15) is 5.11 Å². The zero-order valence-electron chi connectivity index (χ0n) is 9.90. The molecule has 0 amide bonds. The molecule has 17 heavy (non-hydrogen) atoms. The first-order valence-electron chi connectivity index (χ1n) is 6.44. The van der Waals surface area contributed by atoms with Crippen molar-refractivity contribution in [3.8, 4) is 0 Å². The summed E-state index contributed by atoms with van der Waals surface area (Å²) in [6, 6.07) is 6.62. The number of nitrogens with zero attached hydrogens (tertiary/aromatic N) is 1. The molecule has 0 spiro atoms. The van der Waals surface area contributed by atoms with E-state index in [1.54, 1.807) is 0 Å². The number of aliphatic hydroxyl groups is 1. The van der Waals surface area contributed by atoms with Gasteiger partial charge in [0.2, 0.25) is 0 Å². The second-order valence-corrected chi connectivity index (χ2v) is 5.63. The fraction of sp³-hybridized carbons (Fsp3) is 0.571. The van der Waals surface area contributed by atoms with Gasteiger partial charge in [-0.15, -0.1) is 0 Å². The number of benzene rings is 1. The van der Waals surface area contributed by atoms with Gasteiger partial charge < -0.3 is 10.0 Å². The van der Waals surface area contributed by atoms with Crippen molar-refractivity contribution in [2.45, 2.75) is 38.3 Å². The van der Waals surface area contributed by atoms with Crippen molar-refractivity contribution in [2.75, 3.05) is 11.4 Å². The largest absolute Gasteiger partial charge is 0.392 e. The first kappa shape index (κ1) is 11.4. The Morgan fingerprint density at radius 2 is 2.00 bits per heavy atom. The number of rotatable bonds is 5. The summed E-state index contributed by atoms with van der Waals surface area (Å²) in [7, 11) is 0. The fourth-order valence-corrected chi connectivity index (χ4v) is 2.61. The normalized spacial score (nSPS) is 19.4. The van der Waals surface area contributed by atoms with Gasteiger partial charge in [-0.05, 0) is 43.7 Å². The average molecular weight is 252 g/mol. The predicted octanol–water partition coefficient (Wildman–Crippen LogP) is 3.21. The lowest BCUT2D eigenvalue weighted by Gasteiger charge is -2.27. The molecule has 0 atom stereocenters. The summed E-state index contributed by atoms with van der Waals surface area (Å²) < 4.78 is 0. The van der Waals surface area contributed by atoms with Crippen molar-refractivity contribution in [1.82, 2.24) is 0 Å². The van der Waals surface area contributed by atoms with E-state index in [2.05, 4.69) is 11.0 Å². The third-order valence-electron chi connectivity index (χ3n) is 3.70. The first-order chi connectivity index (χ1) is 8.29. The summed E-state index contributed by atoms with van der Waals surface area (Å²) in [6.45, 7) is 1.17. The van der Waals surface area contributed by atoms with E-state index in [1.165, 1.54) is 25.7 Å². The number of anilines is 1. The fourth-order valence-electron chi connectivity index (χ4n) is 2.38. The van der Waals surface area contributed by atoms with Crippen LogP contribution in [0.25, 0.3) is 0 Å². The highest BCUT2D eigenvalue weighted by atomic mass is 35.5. The highest BCUT2D eigenvalue weighted by molar-refractivity contribution is 6.31. The standard InChI is InChI=1S/C14H18ClNO/c15-13-2-1-3-14(12(13)9-17)16(11-6-7-11)8-10-4-5-10/h1-3,10-11,17H,4-9H2. The highest BCUT2D eigenvalue weighted by Gasteiger charge is 2.34. The van der Waals surface area contributed by atoms with Gasteiger partial charge in [0.1, 0.15) is 0 Å². The quantitative estimate of drug-likeness (QED) is 0.869. The van der Waals surface area contributed by atoms with Gasteiger partial charge in [-0.25, -0.2) is 0 Å². The molecule has 0 aliphatic heterocycles. The molecule has 0 saturated heterocycles. The van der Waals surface area contributed by atoms with Gasteiger partial charge in [0, 0.05) is 28.9 Å². The lowest BCUT2D eigenvalue weighted by atomic mass is 10.1. The van der Waals surface area contributed by atoms with Crippen LogP contribution in [0, 0.1) is 5.92 Å². The van der Waals surface area contributed by atoms with Gasteiger partial charge in [0.15, 0.2) is 0 Å². The number of hydrogen-bond acceptors (Lipinski definition) is 2. The van der Waals surface area contributed by atoms with E-state index in [-0.39, 0.29) is 6.61 Å². The molecule has 0 heterocycles. The second kappa shape index (κ2) is 4.51. The second-order valence-electron chi connectivity index (χ2n) is 5.22. The maximum Gasteiger partial charge on any atom is 0.0716 e. The van der Waals surface area contributed by atoms with Crippen molar-refractivity contribution in [2.24, 2.45) is 5.92 Å². The lowest BCUT2D eigenvalue weighted by molar-refractivity contribution is 0.282. The minimum atomic E-state index is 0.0306. The van der Waals surface area contributed by atoms with E-state index in [0.29, 0.717) is 11.1 Å². The van der Waals surface area contributed by atoms with Crippen molar-refractivity contribution in [1.29, 1.82) is 0 Å². The Morgan fingerprint density at radius 1 is 1.24 bits per heavy atom. The molecule has 1 N–H and O–H groups in total. The van der Waals surface area contributed by atoms with E-state index < -0.39 is 0 Å².